The molecule has 0 aliphatic rings. The Balaban J connectivity index is 1.53. The smallest absolute Gasteiger partial charge is 0.264 e. The zero-order valence-electron chi connectivity index (χ0n) is 14.3. The van der Waals surface area contributed by atoms with Crippen molar-refractivity contribution < 1.29 is 4.79 Å². The third-order valence-corrected chi connectivity index (χ3v) is 4.97. The van der Waals surface area contributed by atoms with E-state index in [0.717, 1.165) is 11.3 Å². The van der Waals surface area contributed by atoms with Crippen LogP contribution in [0.1, 0.15) is 10.4 Å². The van der Waals surface area contributed by atoms with Crippen LogP contribution in [-0.4, -0.2) is 20.9 Å². The molecule has 0 atom stereocenters. The fourth-order valence-corrected chi connectivity index (χ4v) is 3.39. The van der Waals surface area contributed by atoms with E-state index in [1.807, 2.05) is 35.7 Å². The highest BCUT2D eigenvalue weighted by Crippen LogP contribution is 2.24. The van der Waals surface area contributed by atoms with Gasteiger partial charge in [0.15, 0.2) is 5.13 Å². The van der Waals surface area contributed by atoms with Crippen molar-refractivity contribution in [3.8, 4) is 22.6 Å². The lowest BCUT2D eigenvalue weighted by Crippen LogP contribution is -2.24. The number of nitrogens with zero attached hydrogens (tertiary/aromatic N) is 2. The van der Waals surface area contributed by atoms with Crippen LogP contribution >= 0.6 is 22.9 Å². The summed E-state index contributed by atoms with van der Waals surface area (Å²) < 4.78 is 0. The van der Waals surface area contributed by atoms with E-state index in [4.69, 9.17) is 11.6 Å². The van der Waals surface area contributed by atoms with Gasteiger partial charge in [0.25, 0.3) is 11.5 Å². The largest absolute Gasteiger partial charge is 0.306 e. The van der Waals surface area contributed by atoms with E-state index in [2.05, 4.69) is 20.3 Å². The number of hydrogen-bond donors (Lipinski definition) is 2. The zero-order chi connectivity index (χ0) is 19.5. The van der Waals surface area contributed by atoms with E-state index < -0.39 is 11.5 Å². The second-order valence-corrected chi connectivity index (χ2v) is 7.13. The number of carbonyl (C=O) groups excluding carboxylic acids is 1. The standard InChI is InChI=1S/C20H13ClN4O2S/c21-14-8-6-13(7-9-14)17-22-10-15(18(26)24-17)19(27)25-20-23-16(11-28-20)12-4-2-1-3-5-12/h1-11H,(H,22,24,26)(H,23,25,27). The van der Waals surface area contributed by atoms with Crippen molar-refractivity contribution in [2.45, 2.75) is 0 Å². The Hall–Kier alpha value is -3.29. The molecule has 8 heteroatoms. The van der Waals surface area contributed by atoms with Gasteiger partial charge in [-0.25, -0.2) is 9.97 Å². The maximum absolute atomic E-state index is 12.5. The summed E-state index contributed by atoms with van der Waals surface area (Å²) in [6.07, 6.45) is 1.25. The highest BCUT2D eigenvalue weighted by atomic mass is 35.5. The number of thiazole rings is 1. The summed E-state index contributed by atoms with van der Waals surface area (Å²) in [6, 6.07) is 16.5. The topological polar surface area (TPSA) is 87.7 Å². The molecule has 0 aliphatic heterocycles. The van der Waals surface area contributed by atoms with Crippen molar-refractivity contribution in [2.75, 3.05) is 5.32 Å². The number of rotatable bonds is 4. The van der Waals surface area contributed by atoms with Crippen molar-refractivity contribution in [1.29, 1.82) is 0 Å². The molecular formula is C20H13ClN4O2S. The lowest BCUT2D eigenvalue weighted by Gasteiger charge is -2.04. The van der Waals surface area contributed by atoms with Crippen molar-refractivity contribution in [1.82, 2.24) is 15.0 Å². The lowest BCUT2D eigenvalue weighted by molar-refractivity contribution is 0.102. The minimum Gasteiger partial charge on any atom is -0.306 e. The van der Waals surface area contributed by atoms with Crippen LogP contribution in [0.15, 0.2) is 71.0 Å². The van der Waals surface area contributed by atoms with Crippen molar-refractivity contribution in [2.24, 2.45) is 0 Å². The monoisotopic (exact) mass is 408 g/mol. The highest BCUT2D eigenvalue weighted by molar-refractivity contribution is 7.14. The molecule has 4 rings (SSSR count). The third kappa shape index (κ3) is 3.85. The van der Waals surface area contributed by atoms with Gasteiger partial charge >= 0.3 is 0 Å². The molecule has 0 spiro atoms. The summed E-state index contributed by atoms with van der Waals surface area (Å²) in [5, 5.41) is 5.48. The molecule has 2 aromatic carbocycles. The fourth-order valence-electron chi connectivity index (χ4n) is 2.55. The number of anilines is 1. The number of hydrogen-bond acceptors (Lipinski definition) is 5. The average molecular weight is 409 g/mol. The van der Waals surface area contributed by atoms with Gasteiger partial charge in [0, 0.05) is 27.7 Å². The Morgan fingerprint density at radius 3 is 2.50 bits per heavy atom. The van der Waals surface area contributed by atoms with Crippen LogP contribution < -0.4 is 10.9 Å². The molecule has 2 aromatic heterocycles. The van der Waals surface area contributed by atoms with E-state index in [1.165, 1.54) is 17.5 Å². The predicted octanol–water partition coefficient (Wildman–Crippen LogP) is 4.47. The molecule has 0 aliphatic carbocycles. The Morgan fingerprint density at radius 2 is 1.79 bits per heavy atom. The zero-order valence-corrected chi connectivity index (χ0v) is 15.9. The van der Waals surface area contributed by atoms with Crippen LogP contribution in [0.3, 0.4) is 0 Å². The Kier molecular flexibility index (Phi) is 5.01. The summed E-state index contributed by atoms with van der Waals surface area (Å²) in [5.74, 6) is -0.204. The molecule has 6 nitrogen and oxygen atoms in total. The van der Waals surface area contributed by atoms with Crippen molar-refractivity contribution >= 4 is 34.0 Å². The molecule has 0 fully saturated rings. The van der Waals surface area contributed by atoms with Gasteiger partial charge in [-0.1, -0.05) is 41.9 Å². The number of H-pyrrole nitrogens is 1. The average Bonchev–Trinajstić information content (AvgIpc) is 3.17. The molecule has 28 heavy (non-hydrogen) atoms. The Labute approximate surface area is 168 Å². The molecule has 0 unspecified atom stereocenters. The normalized spacial score (nSPS) is 10.6. The summed E-state index contributed by atoms with van der Waals surface area (Å²) in [4.78, 5) is 36.0. The SMILES string of the molecule is O=C(Nc1nc(-c2ccccc2)cs1)c1cnc(-c2ccc(Cl)cc2)[nH]c1=O. The van der Waals surface area contributed by atoms with Crippen LogP contribution in [0.5, 0.6) is 0 Å². The second kappa shape index (κ2) is 7.75. The fraction of sp³-hybridized carbons (Fsp3) is 0. The highest BCUT2D eigenvalue weighted by Gasteiger charge is 2.15. The molecule has 2 heterocycles. The minimum atomic E-state index is -0.564. The minimum absolute atomic E-state index is 0.0887. The summed E-state index contributed by atoms with van der Waals surface area (Å²) >= 11 is 7.15. The summed E-state index contributed by atoms with van der Waals surface area (Å²) in [7, 11) is 0. The Morgan fingerprint density at radius 1 is 1.04 bits per heavy atom. The van der Waals surface area contributed by atoms with E-state index in [-0.39, 0.29) is 5.56 Å². The third-order valence-electron chi connectivity index (χ3n) is 3.96. The van der Waals surface area contributed by atoms with Crippen LogP contribution in [0.2, 0.25) is 5.02 Å². The molecule has 2 N–H and O–H groups in total. The number of aromatic amines is 1. The van der Waals surface area contributed by atoms with Crippen molar-refractivity contribution in [3.05, 3.63) is 87.1 Å². The van der Waals surface area contributed by atoms with Gasteiger partial charge in [0.1, 0.15) is 11.4 Å². The van der Waals surface area contributed by atoms with E-state index in [9.17, 15) is 9.59 Å². The molecule has 0 saturated heterocycles. The van der Waals surface area contributed by atoms with E-state index in [1.54, 1.807) is 24.3 Å². The Bertz CT molecular complexity index is 1190. The lowest BCUT2D eigenvalue weighted by atomic mass is 10.2. The van der Waals surface area contributed by atoms with Gasteiger partial charge in [-0.15, -0.1) is 11.3 Å². The number of amides is 1. The molecule has 0 saturated carbocycles. The first-order chi connectivity index (χ1) is 13.6. The van der Waals surface area contributed by atoms with Crippen LogP contribution in [0.25, 0.3) is 22.6 Å². The predicted molar refractivity (Wildman–Crippen MR) is 111 cm³/mol. The first kappa shape index (κ1) is 18.1. The van der Waals surface area contributed by atoms with Crippen LogP contribution in [0, 0.1) is 0 Å². The molecule has 0 radical (unpaired) electrons. The first-order valence-corrected chi connectivity index (χ1v) is 9.53. The van der Waals surface area contributed by atoms with Gasteiger partial charge in [-0.3, -0.25) is 14.9 Å². The van der Waals surface area contributed by atoms with E-state index in [0.29, 0.717) is 21.5 Å². The maximum Gasteiger partial charge on any atom is 0.264 e. The van der Waals surface area contributed by atoms with E-state index >= 15 is 0 Å². The molecule has 4 aromatic rings. The number of carbonyl (C=O) groups is 1. The number of nitrogens with one attached hydrogen (secondary N) is 2. The number of halogens is 1. The number of benzene rings is 2. The molecule has 138 valence electrons. The number of aromatic nitrogens is 3. The summed E-state index contributed by atoms with van der Waals surface area (Å²) in [6.45, 7) is 0. The van der Waals surface area contributed by atoms with Crippen LogP contribution in [-0.2, 0) is 0 Å². The second-order valence-electron chi connectivity index (χ2n) is 5.84. The summed E-state index contributed by atoms with van der Waals surface area (Å²) in [5.41, 5.74) is 1.78. The van der Waals surface area contributed by atoms with Crippen LogP contribution in [0.4, 0.5) is 5.13 Å². The molecule has 0 bridgehead atoms. The van der Waals surface area contributed by atoms with Gasteiger partial charge < -0.3 is 4.98 Å². The quantitative estimate of drug-likeness (QED) is 0.521. The van der Waals surface area contributed by atoms with Gasteiger partial charge in [-0.05, 0) is 24.3 Å². The molecule has 1 amide bonds. The molecular weight excluding hydrogens is 396 g/mol. The first-order valence-electron chi connectivity index (χ1n) is 8.28. The van der Waals surface area contributed by atoms with Gasteiger partial charge in [0.2, 0.25) is 0 Å². The maximum atomic E-state index is 12.5. The van der Waals surface area contributed by atoms with Gasteiger partial charge in [0.05, 0.1) is 5.69 Å². The van der Waals surface area contributed by atoms with Crippen molar-refractivity contribution in [3.63, 3.8) is 0 Å². The van der Waals surface area contributed by atoms with Gasteiger partial charge in [-0.2, -0.15) is 0 Å².